The summed E-state index contributed by atoms with van der Waals surface area (Å²) in [5.74, 6) is 0. The van der Waals surface area contributed by atoms with Gasteiger partial charge in [-0.05, 0) is 31.8 Å². The van der Waals surface area contributed by atoms with Gasteiger partial charge in [0, 0.05) is 0 Å². The van der Waals surface area contributed by atoms with E-state index in [1.165, 1.54) is 6.08 Å². The smallest absolute Gasteiger partial charge is 0.450 e. The van der Waals surface area contributed by atoms with Crippen LogP contribution in [0.25, 0.3) is 0 Å². The molecule has 0 aliphatic heterocycles. The molecule has 5 heteroatoms. The Labute approximate surface area is 102 Å². The molecule has 0 amide bonds. The predicted octanol–water partition coefficient (Wildman–Crippen LogP) is 3.36. The van der Waals surface area contributed by atoms with E-state index in [2.05, 4.69) is 32.1 Å². The maximum Gasteiger partial charge on any atom is 0.508 e. The average molecular weight is 246 g/mol. The second-order valence-electron chi connectivity index (χ2n) is 5.66. The van der Waals surface area contributed by atoms with Gasteiger partial charge in [-0.2, -0.15) is 4.89 Å². The largest absolute Gasteiger partial charge is 0.508 e. The number of ether oxygens (including phenoxy) is 1. The van der Waals surface area contributed by atoms with Crippen molar-refractivity contribution in [2.75, 3.05) is 0 Å². The van der Waals surface area contributed by atoms with Gasteiger partial charge in [0.15, 0.2) is 0 Å². The van der Waals surface area contributed by atoms with Crippen molar-refractivity contribution < 1.29 is 24.4 Å². The normalized spacial score (nSPS) is 14.2. The Morgan fingerprint density at radius 2 is 1.88 bits per heavy atom. The van der Waals surface area contributed by atoms with Crippen LogP contribution in [0, 0.1) is 5.41 Å². The molecule has 0 aromatic heterocycles. The van der Waals surface area contributed by atoms with Crippen LogP contribution in [0.5, 0.6) is 0 Å². The molecule has 0 radical (unpaired) electrons. The summed E-state index contributed by atoms with van der Waals surface area (Å²) in [6.07, 6.45) is -0.600. The highest BCUT2D eigenvalue weighted by Crippen LogP contribution is 2.29. The first kappa shape index (κ1) is 15.9. The first-order valence-electron chi connectivity index (χ1n) is 5.42. The van der Waals surface area contributed by atoms with E-state index < -0.39 is 18.0 Å². The van der Waals surface area contributed by atoms with Crippen LogP contribution in [-0.2, 0) is 14.5 Å². The maximum atomic E-state index is 10.3. The summed E-state index contributed by atoms with van der Waals surface area (Å²) in [5.41, 5.74) is -0.467. The highest BCUT2D eigenvalue weighted by Gasteiger charge is 2.28. The van der Waals surface area contributed by atoms with E-state index in [9.17, 15) is 4.79 Å². The van der Waals surface area contributed by atoms with Crippen molar-refractivity contribution in [2.24, 2.45) is 5.41 Å². The molecule has 0 saturated heterocycles. The van der Waals surface area contributed by atoms with Crippen LogP contribution in [-0.4, -0.2) is 23.2 Å². The molecule has 0 aliphatic rings. The van der Waals surface area contributed by atoms with E-state index in [1.54, 1.807) is 0 Å². The Morgan fingerprint density at radius 1 is 1.35 bits per heavy atom. The Hall–Kier alpha value is -1.07. The summed E-state index contributed by atoms with van der Waals surface area (Å²) in [5, 5.41) is 8.43. The molecule has 1 unspecified atom stereocenters. The Balaban J connectivity index is 4.23. The number of carbonyl (C=O) groups is 1. The fourth-order valence-corrected chi connectivity index (χ4v) is 1.69. The number of hydrogen-bond donors (Lipinski definition) is 1. The van der Waals surface area contributed by atoms with Crippen molar-refractivity contribution in [3.05, 3.63) is 12.7 Å². The third-order valence-electron chi connectivity index (χ3n) is 1.73. The molecule has 0 fully saturated rings. The van der Waals surface area contributed by atoms with Crippen molar-refractivity contribution in [3.63, 3.8) is 0 Å². The number of rotatable bonds is 6. The van der Waals surface area contributed by atoms with E-state index >= 15 is 0 Å². The van der Waals surface area contributed by atoms with Gasteiger partial charge in [0.25, 0.3) is 6.29 Å². The lowest BCUT2D eigenvalue weighted by atomic mass is 9.84. The number of carboxylic acid groups (broad SMARTS) is 1. The summed E-state index contributed by atoms with van der Waals surface area (Å²) in [4.78, 5) is 20.4. The minimum Gasteiger partial charge on any atom is -0.450 e. The lowest BCUT2D eigenvalue weighted by Gasteiger charge is -2.31. The van der Waals surface area contributed by atoms with E-state index in [4.69, 9.17) is 14.9 Å². The highest BCUT2D eigenvalue weighted by atomic mass is 17.2. The predicted molar refractivity (Wildman–Crippen MR) is 63.4 cm³/mol. The van der Waals surface area contributed by atoms with Gasteiger partial charge < -0.3 is 9.84 Å². The number of hydrogen-bond acceptors (Lipinski definition) is 4. The molecule has 0 bridgehead atoms. The van der Waals surface area contributed by atoms with Crippen molar-refractivity contribution >= 4 is 6.16 Å². The van der Waals surface area contributed by atoms with Gasteiger partial charge in [-0.15, -0.1) is 0 Å². The summed E-state index contributed by atoms with van der Waals surface area (Å²) in [7, 11) is 0. The summed E-state index contributed by atoms with van der Waals surface area (Å²) >= 11 is 0. The van der Waals surface area contributed by atoms with Gasteiger partial charge in [0.2, 0.25) is 0 Å². The fourth-order valence-electron chi connectivity index (χ4n) is 1.69. The van der Waals surface area contributed by atoms with Crippen LogP contribution in [0.3, 0.4) is 0 Å². The van der Waals surface area contributed by atoms with Gasteiger partial charge in [-0.3, -0.25) is 0 Å². The van der Waals surface area contributed by atoms with Gasteiger partial charge in [-0.1, -0.05) is 27.4 Å². The van der Waals surface area contributed by atoms with Crippen molar-refractivity contribution in [2.45, 2.75) is 52.9 Å². The molecule has 1 N–H and O–H groups in total. The van der Waals surface area contributed by atoms with Gasteiger partial charge in [-0.25, -0.2) is 9.68 Å². The average Bonchev–Trinajstić information content (AvgIpc) is 2.07. The molecule has 0 spiro atoms. The Kier molecular flexibility index (Phi) is 5.64. The maximum absolute atomic E-state index is 10.3. The first-order chi connectivity index (χ1) is 7.56. The monoisotopic (exact) mass is 246 g/mol. The van der Waals surface area contributed by atoms with Crippen molar-refractivity contribution in [1.29, 1.82) is 0 Å². The summed E-state index contributed by atoms with van der Waals surface area (Å²) in [6.45, 7) is 13.4. The van der Waals surface area contributed by atoms with Crippen LogP contribution in [0.1, 0.15) is 41.0 Å². The highest BCUT2D eigenvalue weighted by molar-refractivity contribution is 5.57. The molecule has 17 heavy (non-hydrogen) atoms. The van der Waals surface area contributed by atoms with Crippen LogP contribution in [0.2, 0.25) is 0 Å². The zero-order valence-corrected chi connectivity index (χ0v) is 11.1. The van der Waals surface area contributed by atoms with E-state index in [1.807, 2.05) is 13.8 Å². The topological polar surface area (TPSA) is 65.0 Å². The second-order valence-corrected chi connectivity index (χ2v) is 5.66. The van der Waals surface area contributed by atoms with Crippen LogP contribution in [0.4, 0.5) is 4.79 Å². The summed E-state index contributed by atoms with van der Waals surface area (Å²) < 4.78 is 4.38. The lowest BCUT2D eigenvalue weighted by Crippen LogP contribution is -2.32. The third-order valence-corrected chi connectivity index (χ3v) is 1.73. The van der Waals surface area contributed by atoms with Gasteiger partial charge >= 0.3 is 6.16 Å². The fraction of sp³-hybridized carbons (Fsp3) is 0.750. The second kappa shape index (κ2) is 6.02. The van der Waals surface area contributed by atoms with Crippen molar-refractivity contribution in [1.82, 2.24) is 0 Å². The lowest BCUT2D eigenvalue weighted by molar-refractivity contribution is -0.404. The standard InChI is InChI=1S/C12H22O5/c1-7-9(15-10(13)14)16-17-12(5,6)8-11(2,3)4/h7,9H,1,8H2,2-6H3,(H,13,14). The molecular weight excluding hydrogens is 224 g/mol. The molecule has 0 aromatic rings. The zero-order valence-electron chi connectivity index (χ0n) is 11.1. The van der Waals surface area contributed by atoms with Crippen LogP contribution < -0.4 is 0 Å². The molecule has 0 aromatic carbocycles. The molecular formula is C12H22O5. The van der Waals surface area contributed by atoms with Crippen LogP contribution >= 0.6 is 0 Å². The first-order valence-corrected chi connectivity index (χ1v) is 5.42. The minimum atomic E-state index is -1.44. The SMILES string of the molecule is C=CC(OOC(C)(C)CC(C)(C)C)OC(=O)O. The van der Waals surface area contributed by atoms with Crippen LogP contribution in [0.15, 0.2) is 12.7 Å². The van der Waals surface area contributed by atoms with Gasteiger partial charge in [0.05, 0.1) is 5.60 Å². The van der Waals surface area contributed by atoms with Gasteiger partial charge in [0.1, 0.15) is 0 Å². The zero-order chi connectivity index (χ0) is 13.7. The van der Waals surface area contributed by atoms with E-state index in [0.717, 1.165) is 6.42 Å². The summed E-state index contributed by atoms with van der Waals surface area (Å²) in [6, 6.07) is 0. The van der Waals surface area contributed by atoms with Crippen molar-refractivity contribution in [3.8, 4) is 0 Å². The third kappa shape index (κ3) is 8.71. The Bertz CT molecular complexity index is 265. The minimum absolute atomic E-state index is 0.0736. The molecule has 0 saturated carbocycles. The Morgan fingerprint density at radius 3 is 2.24 bits per heavy atom. The molecule has 100 valence electrons. The quantitative estimate of drug-likeness (QED) is 0.256. The molecule has 5 nitrogen and oxygen atoms in total. The molecule has 0 rings (SSSR count). The molecule has 1 atom stereocenters. The van der Waals surface area contributed by atoms with E-state index in [0.29, 0.717) is 0 Å². The van der Waals surface area contributed by atoms with E-state index in [-0.39, 0.29) is 5.41 Å². The molecule has 0 aliphatic carbocycles. The molecule has 0 heterocycles.